The third-order valence-electron chi connectivity index (χ3n) is 3.20. The summed E-state index contributed by atoms with van der Waals surface area (Å²) in [6.45, 7) is 0. The van der Waals surface area contributed by atoms with Gasteiger partial charge in [0.2, 0.25) is 6.23 Å². The maximum absolute atomic E-state index is 11.9. The Morgan fingerprint density at radius 3 is 2.67 bits per heavy atom. The standard InChI is InChI=1S/C15H10Cl2N2O2/c16-10-4-2-1-3-9(10)14-13-8(5-6-12(17)18-13)7-11(20)15(21)19-14/h1-6,15,21H,7H2. The summed E-state index contributed by atoms with van der Waals surface area (Å²) in [5.41, 5.74) is 2.11. The number of pyridine rings is 1. The molecule has 4 nitrogen and oxygen atoms in total. The average Bonchev–Trinajstić information content (AvgIpc) is 2.58. The summed E-state index contributed by atoms with van der Waals surface area (Å²) in [5.74, 6) is -0.387. The van der Waals surface area contributed by atoms with Gasteiger partial charge in [-0.25, -0.2) is 9.98 Å². The summed E-state index contributed by atoms with van der Waals surface area (Å²) in [6, 6.07) is 10.4. The second-order valence-electron chi connectivity index (χ2n) is 4.62. The number of carbonyl (C=O) groups excluding carboxylic acids is 1. The average molecular weight is 321 g/mol. The molecule has 2 heterocycles. The molecule has 1 aliphatic heterocycles. The third-order valence-corrected chi connectivity index (χ3v) is 3.74. The van der Waals surface area contributed by atoms with Gasteiger partial charge in [-0.1, -0.05) is 47.5 Å². The molecule has 1 aromatic carbocycles. The molecular weight excluding hydrogens is 311 g/mol. The monoisotopic (exact) mass is 320 g/mol. The lowest BCUT2D eigenvalue weighted by molar-refractivity contribution is -0.125. The molecule has 1 unspecified atom stereocenters. The fraction of sp³-hybridized carbons (Fsp3) is 0.133. The molecule has 0 radical (unpaired) electrons. The highest BCUT2D eigenvalue weighted by molar-refractivity contribution is 6.35. The van der Waals surface area contributed by atoms with Gasteiger partial charge in [0.1, 0.15) is 5.15 Å². The zero-order chi connectivity index (χ0) is 15.0. The highest BCUT2D eigenvalue weighted by atomic mass is 35.5. The number of aliphatic hydroxyl groups excluding tert-OH is 1. The van der Waals surface area contributed by atoms with E-state index in [1.807, 2.05) is 0 Å². The van der Waals surface area contributed by atoms with Crippen molar-refractivity contribution < 1.29 is 9.90 Å². The van der Waals surface area contributed by atoms with Crippen molar-refractivity contribution in [2.45, 2.75) is 12.6 Å². The molecule has 1 aromatic heterocycles. The molecule has 0 saturated carbocycles. The van der Waals surface area contributed by atoms with Crippen molar-refractivity contribution in [1.29, 1.82) is 0 Å². The van der Waals surface area contributed by atoms with Crippen molar-refractivity contribution in [3.63, 3.8) is 0 Å². The Morgan fingerprint density at radius 2 is 1.90 bits per heavy atom. The Kier molecular flexibility index (Phi) is 3.76. The van der Waals surface area contributed by atoms with E-state index in [1.54, 1.807) is 36.4 Å². The van der Waals surface area contributed by atoms with Crippen LogP contribution in [0.1, 0.15) is 16.8 Å². The zero-order valence-electron chi connectivity index (χ0n) is 10.8. The number of fused-ring (bicyclic) bond motifs is 1. The highest BCUT2D eigenvalue weighted by Gasteiger charge is 2.26. The van der Waals surface area contributed by atoms with Crippen LogP contribution in [0.5, 0.6) is 0 Å². The molecule has 0 amide bonds. The van der Waals surface area contributed by atoms with Gasteiger partial charge in [0.05, 0.1) is 16.4 Å². The first-order chi connectivity index (χ1) is 10.1. The van der Waals surface area contributed by atoms with Gasteiger partial charge in [-0.2, -0.15) is 0 Å². The molecule has 0 aliphatic carbocycles. The van der Waals surface area contributed by atoms with Crippen LogP contribution in [0.15, 0.2) is 41.4 Å². The van der Waals surface area contributed by atoms with E-state index in [1.165, 1.54) is 0 Å². The van der Waals surface area contributed by atoms with Gasteiger partial charge in [-0.05, 0) is 17.7 Å². The second kappa shape index (κ2) is 5.56. The van der Waals surface area contributed by atoms with E-state index in [0.29, 0.717) is 27.6 Å². The minimum absolute atomic E-state index is 0.0537. The van der Waals surface area contributed by atoms with Crippen molar-refractivity contribution in [3.05, 3.63) is 63.4 Å². The molecule has 0 saturated heterocycles. The van der Waals surface area contributed by atoms with E-state index in [-0.39, 0.29) is 17.4 Å². The molecular formula is C15H10Cl2N2O2. The summed E-state index contributed by atoms with van der Waals surface area (Å²) in [6.07, 6.45) is -1.37. The Balaban J connectivity index is 2.27. The van der Waals surface area contributed by atoms with Gasteiger partial charge in [0.15, 0.2) is 5.78 Å². The maximum Gasteiger partial charge on any atom is 0.205 e. The van der Waals surface area contributed by atoms with Crippen LogP contribution >= 0.6 is 23.2 Å². The number of Topliss-reactive ketones (excluding diaryl/α,β-unsaturated/α-hetero) is 1. The minimum Gasteiger partial charge on any atom is -0.366 e. The lowest BCUT2D eigenvalue weighted by Crippen LogP contribution is -2.19. The van der Waals surface area contributed by atoms with Crippen molar-refractivity contribution in [2.75, 3.05) is 0 Å². The first-order valence-corrected chi connectivity index (χ1v) is 7.01. The van der Waals surface area contributed by atoms with Crippen LogP contribution in [0, 0.1) is 0 Å². The normalized spacial score (nSPS) is 18.0. The van der Waals surface area contributed by atoms with E-state index in [0.717, 1.165) is 0 Å². The Hall–Kier alpha value is -1.75. The number of aromatic nitrogens is 1. The van der Waals surface area contributed by atoms with Crippen molar-refractivity contribution >= 4 is 34.7 Å². The number of nitrogens with zero attached hydrogens (tertiary/aromatic N) is 2. The molecule has 0 spiro atoms. The molecule has 1 aliphatic rings. The fourth-order valence-electron chi connectivity index (χ4n) is 2.20. The predicted molar refractivity (Wildman–Crippen MR) is 81.1 cm³/mol. The summed E-state index contributed by atoms with van der Waals surface area (Å²) < 4.78 is 0. The summed E-state index contributed by atoms with van der Waals surface area (Å²) in [5, 5.41) is 10.6. The molecule has 6 heteroatoms. The molecule has 2 aromatic rings. The van der Waals surface area contributed by atoms with Gasteiger partial charge in [-0.3, -0.25) is 4.79 Å². The minimum atomic E-state index is -1.43. The summed E-state index contributed by atoms with van der Waals surface area (Å²) in [4.78, 5) is 20.2. The first kappa shape index (κ1) is 14.2. The second-order valence-corrected chi connectivity index (χ2v) is 5.41. The molecule has 106 valence electrons. The molecule has 1 atom stereocenters. The van der Waals surface area contributed by atoms with E-state index >= 15 is 0 Å². The number of aliphatic imine (C=N–C) groups is 1. The van der Waals surface area contributed by atoms with Crippen LogP contribution in [0.25, 0.3) is 0 Å². The number of hydrogen-bond donors (Lipinski definition) is 1. The molecule has 0 fully saturated rings. The number of carbonyl (C=O) groups is 1. The fourth-order valence-corrected chi connectivity index (χ4v) is 2.57. The lowest BCUT2D eigenvalue weighted by atomic mass is 10.0. The smallest absolute Gasteiger partial charge is 0.205 e. The van der Waals surface area contributed by atoms with Crippen LogP contribution in [0.3, 0.4) is 0 Å². The molecule has 1 N–H and O–H groups in total. The number of rotatable bonds is 1. The van der Waals surface area contributed by atoms with Crippen LogP contribution in [-0.4, -0.2) is 27.8 Å². The highest BCUT2D eigenvalue weighted by Crippen LogP contribution is 2.25. The van der Waals surface area contributed by atoms with Crippen LogP contribution in [0.2, 0.25) is 10.2 Å². The first-order valence-electron chi connectivity index (χ1n) is 6.25. The van der Waals surface area contributed by atoms with Gasteiger partial charge < -0.3 is 5.11 Å². The van der Waals surface area contributed by atoms with E-state index in [4.69, 9.17) is 23.2 Å². The van der Waals surface area contributed by atoms with Crippen LogP contribution < -0.4 is 0 Å². The van der Waals surface area contributed by atoms with E-state index < -0.39 is 6.23 Å². The van der Waals surface area contributed by atoms with Crippen molar-refractivity contribution in [1.82, 2.24) is 4.98 Å². The number of halogens is 2. The zero-order valence-corrected chi connectivity index (χ0v) is 12.3. The molecule has 3 rings (SSSR count). The SMILES string of the molecule is O=C1Cc2ccc(Cl)nc2C(c2ccccc2Cl)=NC1O. The maximum atomic E-state index is 11.9. The molecule has 21 heavy (non-hydrogen) atoms. The number of benzene rings is 1. The van der Waals surface area contributed by atoms with Crippen molar-refractivity contribution in [3.8, 4) is 0 Å². The lowest BCUT2D eigenvalue weighted by Gasteiger charge is -2.10. The van der Waals surface area contributed by atoms with Crippen molar-refractivity contribution in [2.24, 2.45) is 4.99 Å². The Labute approximate surface area is 131 Å². The predicted octanol–water partition coefficient (Wildman–Crippen LogP) is 2.67. The quantitative estimate of drug-likeness (QED) is 0.822. The van der Waals surface area contributed by atoms with Crippen LogP contribution in [-0.2, 0) is 11.2 Å². The Morgan fingerprint density at radius 1 is 1.14 bits per heavy atom. The van der Waals surface area contributed by atoms with Crippen LogP contribution in [0.4, 0.5) is 0 Å². The van der Waals surface area contributed by atoms with E-state index in [2.05, 4.69) is 9.98 Å². The Bertz CT molecular complexity index is 759. The topological polar surface area (TPSA) is 62.5 Å². The number of hydrogen-bond acceptors (Lipinski definition) is 4. The van der Waals surface area contributed by atoms with Gasteiger partial charge >= 0.3 is 0 Å². The largest absolute Gasteiger partial charge is 0.366 e. The van der Waals surface area contributed by atoms with Gasteiger partial charge in [0, 0.05) is 12.0 Å². The number of aliphatic hydroxyl groups is 1. The van der Waals surface area contributed by atoms with Gasteiger partial charge in [0.25, 0.3) is 0 Å². The number of ketones is 1. The summed E-state index contributed by atoms with van der Waals surface area (Å²) >= 11 is 12.1. The van der Waals surface area contributed by atoms with E-state index in [9.17, 15) is 9.90 Å². The van der Waals surface area contributed by atoms with Gasteiger partial charge in [-0.15, -0.1) is 0 Å². The molecule has 0 bridgehead atoms. The third kappa shape index (κ3) is 2.70. The summed E-state index contributed by atoms with van der Waals surface area (Å²) in [7, 11) is 0.